The third-order valence-electron chi connectivity index (χ3n) is 7.05. The van der Waals surface area contributed by atoms with Gasteiger partial charge < -0.3 is 14.9 Å². The lowest BCUT2D eigenvalue weighted by molar-refractivity contribution is -0.0226. The number of aromatic hydroxyl groups is 1. The van der Waals surface area contributed by atoms with Crippen molar-refractivity contribution in [2.24, 2.45) is 17.3 Å². The average molecular weight is 316 g/mol. The van der Waals surface area contributed by atoms with E-state index in [0.29, 0.717) is 30.1 Å². The largest absolute Gasteiger partial charge is 0.504 e. The van der Waals surface area contributed by atoms with Gasteiger partial charge in [-0.2, -0.15) is 0 Å². The van der Waals surface area contributed by atoms with Crippen LogP contribution in [0.3, 0.4) is 0 Å². The predicted molar refractivity (Wildman–Crippen MR) is 89.9 cm³/mol. The molecule has 5 atom stereocenters. The Morgan fingerprint density at radius 1 is 1.22 bits per heavy atom. The third-order valence-corrected chi connectivity index (χ3v) is 7.05. The van der Waals surface area contributed by atoms with Crippen LogP contribution in [0.15, 0.2) is 12.1 Å². The van der Waals surface area contributed by atoms with Gasteiger partial charge in [0, 0.05) is 0 Å². The highest BCUT2D eigenvalue weighted by atomic mass is 16.5. The molecule has 3 heteroatoms. The van der Waals surface area contributed by atoms with Crippen molar-refractivity contribution in [3.8, 4) is 11.5 Å². The van der Waals surface area contributed by atoms with Crippen molar-refractivity contribution >= 4 is 0 Å². The molecule has 3 aliphatic rings. The Kier molecular flexibility index (Phi) is 3.60. The molecule has 126 valence electrons. The monoisotopic (exact) mass is 316 g/mol. The molecule has 4 rings (SSSR count). The van der Waals surface area contributed by atoms with Crippen molar-refractivity contribution in [2.75, 3.05) is 6.61 Å². The van der Waals surface area contributed by atoms with Crippen LogP contribution < -0.4 is 4.74 Å². The van der Waals surface area contributed by atoms with Gasteiger partial charge in [-0.05, 0) is 91.9 Å². The summed E-state index contributed by atoms with van der Waals surface area (Å²) in [7, 11) is 0. The first-order valence-corrected chi connectivity index (χ1v) is 9.21. The van der Waals surface area contributed by atoms with Crippen molar-refractivity contribution in [1.29, 1.82) is 0 Å². The minimum Gasteiger partial charge on any atom is -0.504 e. The highest BCUT2D eigenvalue weighted by Gasteiger charge is 2.54. The summed E-state index contributed by atoms with van der Waals surface area (Å²) in [6.45, 7) is 4.84. The Labute approximate surface area is 138 Å². The van der Waals surface area contributed by atoms with E-state index in [1.165, 1.54) is 24.0 Å². The zero-order chi connectivity index (χ0) is 16.2. The molecule has 0 unspecified atom stereocenters. The highest BCUT2D eigenvalue weighted by Crippen LogP contribution is 2.61. The number of aliphatic hydroxyl groups excluding tert-OH is 1. The van der Waals surface area contributed by atoms with Gasteiger partial charge in [-0.3, -0.25) is 0 Å². The molecule has 0 radical (unpaired) electrons. The Morgan fingerprint density at radius 2 is 2.04 bits per heavy atom. The molecule has 23 heavy (non-hydrogen) atoms. The molecular formula is C20H28O3. The van der Waals surface area contributed by atoms with Gasteiger partial charge in [-0.15, -0.1) is 0 Å². The summed E-state index contributed by atoms with van der Waals surface area (Å²) in [6, 6.07) is 4.02. The number of phenolic OH excluding ortho intramolecular Hbond substituents is 1. The van der Waals surface area contributed by atoms with E-state index >= 15 is 0 Å². The second-order valence-electron chi connectivity index (χ2n) is 8.00. The fourth-order valence-electron chi connectivity index (χ4n) is 5.83. The van der Waals surface area contributed by atoms with Crippen LogP contribution in [-0.4, -0.2) is 22.9 Å². The number of benzene rings is 1. The summed E-state index contributed by atoms with van der Waals surface area (Å²) in [5.41, 5.74) is 2.82. The summed E-state index contributed by atoms with van der Waals surface area (Å²) in [5.74, 6) is 2.81. The lowest BCUT2D eigenvalue weighted by Crippen LogP contribution is -2.43. The molecule has 3 nitrogen and oxygen atoms in total. The molecule has 1 aromatic rings. The zero-order valence-electron chi connectivity index (χ0n) is 14.2. The topological polar surface area (TPSA) is 49.7 Å². The molecule has 2 fully saturated rings. The van der Waals surface area contributed by atoms with Crippen LogP contribution in [0.1, 0.15) is 63.0 Å². The SMILES string of the molecule is CCOc1cc2c(cc1O)CC[C@H]1[C@H]3CC[C@H](O)[C@]3(C)CC[C@@H]21. The van der Waals surface area contributed by atoms with Crippen molar-refractivity contribution in [2.45, 2.75) is 64.4 Å². The van der Waals surface area contributed by atoms with E-state index in [4.69, 9.17) is 4.74 Å². The second kappa shape index (κ2) is 5.41. The van der Waals surface area contributed by atoms with E-state index in [0.717, 1.165) is 25.7 Å². The molecule has 0 spiro atoms. The molecular weight excluding hydrogens is 288 g/mol. The fourth-order valence-corrected chi connectivity index (χ4v) is 5.83. The molecule has 3 aliphatic carbocycles. The second-order valence-corrected chi connectivity index (χ2v) is 8.00. The quantitative estimate of drug-likeness (QED) is 0.867. The van der Waals surface area contributed by atoms with Gasteiger partial charge in [0.15, 0.2) is 11.5 Å². The van der Waals surface area contributed by atoms with Gasteiger partial charge in [0.2, 0.25) is 0 Å². The minimum atomic E-state index is -0.117. The van der Waals surface area contributed by atoms with Crippen LogP contribution in [0.25, 0.3) is 0 Å². The van der Waals surface area contributed by atoms with Crippen LogP contribution >= 0.6 is 0 Å². The number of aryl methyl sites for hydroxylation is 1. The molecule has 1 aromatic carbocycles. The molecule has 0 bridgehead atoms. The maximum absolute atomic E-state index is 10.5. The first-order chi connectivity index (χ1) is 11.0. The Bertz CT molecular complexity index is 611. The van der Waals surface area contributed by atoms with Gasteiger partial charge in [-0.25, -0.2) is 0 Å². The zero-order valence-corrected chi connectivity index (χ0v) is 14.2. The lowest BCUT2D eigenvalue weighted by atomic mass is 9.55. The predicted octanol–water partition coefficient (Wildman–Crippen LogP) is 4.01. The molecule has 2 N–H and O–H groups in total. The first-order valence-electron chi connectivity index (χ1n) is 9.21. The van der Waals surface area contributed by atoms with Crippen LogP contribution in [0.2, 0.25) is 0 Å². The van der Waals surface area contributed by atoms with Gasteiger partial charge in [-0.1, -0.05) is 6.92 Å². The fraction of sp³-hybridized carbons (Fsp3) is 0.700. The van der Waals surface area contributed by atoms with Gasteiger partial charge in [0.05, 0.1) is 12.7 Å². The number of hydrogen-bond acceptors (Lipinski definition) is 3. The van der Waals surface area contributed by atoms with Crippen molar-refractivity contribution in [3.05, 3.63) is 23.3 Å². The lowest BCUT2D eigenvalue weighted by Gasteiger charge is -2.50. The molecule has 0 amide bonds. The number of hydrogen-bond donors (Lipinski definition) is 2. The summed E-state index contributed by atoms with van der Waals surface area (Å²) in [5, 5.41) is 20.6. The Balaban J connectivity index is 1.70. The Morgan fingerprint density at radius 3 is 2.83 bits per heavy atom. The van der Waals surface area contributed by atoms with Crippen LogP contribution in [-0.2, 0) is 6.42 Å². The van der Waals surface area contributed by atoms with E-state index in [9.17, 15) is 10.2 Å². The summed E-state index contributed by atoms with van der Waals surface area (Å²) < 4.78 is 5.62. The maximum atomic E-state index is 10.5. The summed E-state index contributed by atoms with van der Waals surface area (Å²) in [4.78, 5) is 0. The molecule has 2 saturated carbocycles. The standard InChI is InChI=1S/C20H28O3/c1-3-23-18-11-15-12(10-17(18)21)4-5-14-13(15)8-9-20(2)16(14)6-7-19(20)22/h10-11,13-14,16,19,21-22H,3-9H2,1-2H3/t13-,14-,16-,19+,20-/m1/s1. The van der Waals surface area contributed by atoms with E-state index in [-0.39, 0.29) is 17.3 Å². The number of rotatable bonds is 2. The van der Waals surface area contributed by atoms with Gasteiger partial charge >= 0.3 is 0 Å². The maximum Gasteiger partial charge on any atom is 0.161 e. The van der Waals surface area contributed by atoms with E-state index < -0.39 is 0 Å². The van der Waals surface area contributed by atoms with Gasteiger partial charge in [0.1, 0.15) is 0 Å². The smallest absolute Gasteiger partial charge is 0.161 e. The molecule has 0 aliphatic heterocycles. The molecule has 0 saturated heterocycles. The first kappa shape index (κ1) is 15.3. The van der Waals surface area contributed by atoms with Crippen molar-refractivity contribution in [1.82, 2.24) is 0 Å². The minimum absolute atomic E-state index is 0.117. The normalized spacial score (nSPS) is 38.6. The molecule has 0 heterocycles. The van der Waals surface area contributed by atoms with Crippen LogP contribution in [0.4, 0.5) is 0 Å². The van der Waals surface area contributed by atoms with E-state index in [1.54, 1.807) is 0 Å². The van der Waals surface area contributed by atoms with E-state index in [2.05, 4.69) is 13.0 Å². The number of phenols is 1. The molecule has 0 aromatic heterocycles. The van der Waals surface area contributed by atoms with Crippen LogP contribution in [0.5, 0.6) is 11.5 Å². The van der Waals surface area contributed by atoms with Crippen molar-refractivity contribution in [3.63, 3.8) is 0 Å². The highest BCUT2D eigenvalue weighted by molar-refractivity contribution is 5.49. The third kappa shape index (κ3) is 2.20. The van der Waals surface area contributed by atoms with E-state index in [1.807, 2.05) is 13.0 Å². The summed E-state index contributed by atoms with van der Waals surface area (Å²) >= 11 is 0. The number of ether oxygens (including phenoxy) is 1. The Hall–Kier alpha value is -1.22. The number of fused-ring (bicyclic) bond motifs is 5. The number of aliphatic hydroxyl groups is 1. The van der Waals surface area contributed by atoms with Crippen LogP contribution in [0, 0.1) is 17.3 Å². The van der Waals surface area contributed by atoms with Crippen molar-refractivity contribution < 1.29 is 14.9 Å². The summed E-state index contributed by atoms with van der Waals surface area (Å²) in [6.07, 6.45) is 6.52. The van der Waals surface area contributed by atoms with Gasteiger partial charge in [0.25, 0.3) is 0 Å². The average Bonchev–Trinajstić information content (AvgIpc) is 2.84.